The van der Waals surface area contributed by atoms with Crippen molar-refractivity contribution in [3.05, 3.63) is 23.8 Å². The standard InChI is InChI=1S/C21H26O5/c1-19-7-5-13(23)9-12(19)3-4-14-15-6-8-21(26,17(25)11-22)20(15,2)10-16(24)18(14)19/h3,5,7,14-15,18,22,26H,4,6,8-11H2,1-2H3/t14-,15-,18+,19-,20-,21-/m0/s1. The Kier molecular flexibility index (Phi) is 3.74. The van der Waals surface area contributed by atoms with Gasteiger partial charge in [-0.2, -0.15) is 0 Å². The predicted molar refractivity (Wildman–Crippen MR) is 94.0 cm³/mol. The van der Waals surface area contributed by atoms with Crippen LogP contribution in [-0.2, 0) is 14.4 Å². The maximum absolute atomic E-state index is 13.3. The molecule has 0 unspecified atom stereocenters. The van der Waals surface area contributed by atoms with E-state index >= 15 is 0 Å². The molecule has 0 saturated heterocycles. The third-order valence-corrected chi connectivity index (χ3v) is 7.97. The Morgan fingerprint density at radius 3 is 2.73 bits per heavy atom. The van der Waals surface area contributed by atoms with Crippen LogP contribution in [0.2, 0.25) is 0 Å². The molecule has 140 valence electrons. The van der Waals surface area contributed by atoms with Crippen molar-refractivity contribution in [3.63, 3.8) is 0 Å². The first-order valence-electron chi connectivity index (χ1n) is 9.48. The van der Waals surface area contributed by atoms with Crippen LogP contribution in [-0.4, -0.2) is 39.8 Å². The molecule has 4 rings (SSSR count). The monoisotopic (exact) mass is 358 g/mol. The number of rotatable bonds is 2. The molecule has 4 aliphatic carbocycles. The third kappa shape index (κ3) is 2.01. The molecule has 0 radical (unpaired) electrons. The van der Waals surface area contributed by atoms with Crippen LogP contribution >= 0.6 is 0 Å². The second-order valence-electron chi connectivity index (χ2n) is 9.01. The van der Waals surface area contributed by atoms with E-state index in [1.807, 2.05) is 19.9 Å². The molecule has 0 aromatic heterocycles. The van der Waals surface area contributed by atoms with Crippen molar-refractivity contribution in [3.8, 4) is 0 Å². The van der Waals surface area contributed by atoms with E-state index < -0.39 is 28.8 Å². The molecule has 0 aromatic carbocycles. The topological polar surface area (TPSA) is 91.7 Å². The van der Waals surface area contributed by atoms with Gasteiger partial charge in [0.2, 0.25) is 0 Å². The molecule has 0 aromatic rings. The van der Waals surface area contributed by atoms with E-state index in [9.17, 15) is 24.6 Å². The number of allylic oxidation sites excluding steroid dienone is 4. The lowest BCUT2D eigenvalue weighted by Crippen LogP contribution is -2.60. The molecule has 0 aliphatic heterocycles. The van der Waals surface area contributed by atoms with Crippen molar-refractivity contribution < 1.29 is 24.6 Å². The Bertz CT molecular complexity index is 764. The summed E-state index contributed by atoms with van der Waals surface area (Å²) in [5, 5.41) is 20.5. The van der Waals surface area contributed by atoms with Crippen LogP contribution < -0.4 is 0 Å². The maximum atomic E-state index is 13.3. The van der Waals surface area contributed by atoms with E-state index in [4.69, 9.17) is 0 Å². The molecule has 0 bridgehead atoms. The number of fused-ring (bicyclic) bond motifs is 5. The van der Waals surface area contributed by atoms with E-state index in [-0.39, 0.29) is 35.7 Å². The number of hydrogen-bond acceptors (Lipinski definition) is 5. The summed E-state index contributed by atoms with van der Waals surface area (Å²) >= 11 is 0. The fourth-order valence-corrected chi connectivity index (χ4v) is 6.53. The van der Waals surface area contributed by atoms with Gasteiger partial charge in [-0.15, -0.1) is 0 Å². The SMILES string of the molecule is C[C@]12C=CC(=O)CC1=CC[C@@H]1[C@@H]2C(=O)C[C@@]2(C)[C@H]1CC[C@]2(O)C(=O)CO. The summed E-state index contributed by atoms with van der Waals surface area (Å²) in [4.78, 5) is 37.4. The minimum Gasteiger partial charge on any atom is -0.388 e. The molecular weight excluding hydrogens is 332 g/mol. The van der Waals surface area contributed by atoms with Gasteiger partial charge in [-0.3, -0.25) is 14.4 Å². The van der Waals surface area contributed by atoms with Crippen LogP contribution in [0.25, 0.3) is 0 Å². The van der Waals surface area contributed by atoms with Gasteiger partial charge >= 0.3 is 0 Å². The van der Waals surface area contributed by atoms with Gasteiger partial charge in [-0.25, -0.2) is 0 Å². The first kappa shape index (κ1) is 17.8. The minimum absolute atomic E-state index is 0.0475. The molecule has 2 fully saturated rings. The highest BCUT2D eigenvalue weighted by atomic mass is 16.3. The molecule has 5 heteroatoms. The summed E-state index contributed by atoms with van der Waals surface area (Å²) in [5.74, 6) is -0.553. The van der Waals surface area contributed by atoms with Gasteiger partial charge in [-0.1, -0.05) is 31.6 Å². The highest BCUT2D eigenvalue weighted by molar-refractivity contribution is 5.96. The fourth-order valence-electron chi connectivity index (χ4n) is 6.53. The van der Waals surface area contributed by atoms with Crippen LogP contribution in [0.15, 0.2) is 23.8 Å². The Morgan fingerprint density at radius 2 is 2.04 bits per heavy atom. The first-order chi connectivity index (χ1) is 12.2. The average molecular weight is 358 g/mol. The zero-order chi connectivity index (χ0) is 18.9. The minimum atomic E-state index is -1.63. The fraction of sp³-hybridized carbons (Fsp3) is 0.667. The van der Waals surface area contributed by atoms with Crippen molar-refractivity contribution in [2.75, 3.05) is 6.61 Å². The number of hydrogen-bond donors (Lipinski definition) is 2. The van der Waals surface area contributed by atoms with E-state index in [2.05, 4.69) is 6.08 Å². The number of aliphatic hydroxyl groups excluding tert-OH is 1. The summed E-state index contributed by atoms with van der Waals surface area (Å²) in [7, 11) is 0. The molecular formula is C21H26O5. The Balaban J connectivity index is 1.77. The smallest absolute Gasteiger partial charge is 0.190 e. The summed E-state index contributed by atoms with van der Waals surface area (Å²) in [6, 6.07) is 0. The number of ketones is 3. The van der Waals surface area contributed by atoms with E-state index in [1.165, 1.54) is 0 Å². The van der Waals surface area contributed by atoms with Crippen molar-refractivity contribution >= 4 is 17.3 Å². The Hall–Kier alpha value is -1.59. The van der Waals surface area contributed by atoms with Gasteiger partial charge in [0, 0.05) is 29.6 Å². The second kappa shape index (κ2) is 5.46. The van der Waals surface area contributed by atoms with Gasteiger partial charge in [-0.05, 0) is 37.2 Å². The van der Waals surface area contributed by atoms with Gasteiger partial charge < -0.3 is 10.2 Å². The van der Waals surface area contributed by atoms with Crippen LogP contribution in [0.4, 0.5) is 0 Å². The number of carbonyl (C=O) groups is 3. The van der Waals surface area contributed by atoms with Gasteiger partial charge in [0.05, 0.1) is 0 Å². The Morgan fingerprint density at radius 1 is 1.31 bits per heavy atom. The van der Waals surface area contributed by atoms with Crippen molar-refractivity contribution in [2.24, 2.45) is 28.6 Å². The maximum Gasteiger partial charge on any atom is 0.190 e. The van der Waals surface area contributed by atoms with Crippen LogP contribution in [0.3, 0.4) is 0 Å². The highest BCUT2D eigenvalue weighted by Gasteiger charge is 2.67. The molecule has 26 heavy (non-hydrogen) atoms. The molecule has 0 amide bonds. The third-order valence-electron chi connectivity index (χ3n) is 7.97. The molecule has 6 atom stereocenters. The lowest BCUT2D eigenvalue weighted by atomic mass is 9.47. The predicted octanol–water partition coefficient (Wildman–Crippen LogP) is 1.77. The molecule has 2 N–H and O–H groups in total. The molecule has 4 aliphatic rings. The zero-order valence-electron chi connectivity index (χ0n) is 15.3. The molecule has 0 heterocycles. The van der Waals surface area contributed by atoms with Crippen molar-refractivity contribution in [2.45, 2.75) is 51.6 Å². The second-order valence-corrected chi connectivity index (χ2v) is 9.01. The van der Waals surface area contributed by atoms with Crippen LogP contribution in [0.1, 0.15) is 46.0 Å². The zero-order valence-corrected chi connectivity index (χ0v) is 15.3. The quantitative estimate of drug-likeness (QED) is 0.734. The lowest BCUT2D eigenvalue weighted by molar-refractivity contribution is -0.167. The van der Waals surface area contributed by atoms with Crippen molar-refractivity contribution in [1.29, 1.82) is 0 Å². The number of carbonyl (C=O) groups excluding carboxylic acids is 3. The lowest BCUT2D eigenvalue weighted by Gasteiger charge is -2.56. The number of aliphatic hydroxyl groups is 2. The molecule has 5 nitrogen and oxygen atoms in total. The van der Waals surface area contributed by atoms with Gasteiger partial charge in [0.15, 0.2) is 11.6 Å². The molecule has 0 spiro atoms. The normalized spacial score (nSPS) is 47.1. The molecule has 2 saturated carbocycles. The average Bonchev–Trinajstić information content (AvgIpc) is 2.86. The van der Waals surface area contributed by atoms with E-state index in [1.54, 1.807) is 6.08 Å². The Labute approximate surface area is 153 Å². The van der Waals surface area contributed by atoms with Gasteiger partial charge in [0.25, 0.3) is 0 Å². The van der Waals surface area contributed by atoms with E-state index in [0.29, 0.717) is 25.7 Å². The first-order valence-corrected chi connectivity index (χ1v) is 9.48. The summed E-state index contributed by atoms with van der Waals surface area (Å²) in [5.41, 5.74) is -1.88. The summed E-state index contributed by atoms with van der Waals surface area (Å²) in [6.07, 6.45) is 7.78. The van der Waals surface area contributed by atoms with E-state index in [0.717, 1.165) is 5.57 Å². The van der Waals surface area contributed by atoms with Crippen LogP contribution in [0.5, 0.6) is 0 Å². The summed E-state index contributed by atoms with van der Waals surface area (Å²) in [6.45, 7) is 3.18. The largest absolute Gasteiger partial charge is 0.388 e. The van der Waals surface area contributed by atoms with Crippen molar-refractivity contribution in [1.82, 2.24) is 0 Å². The number of Topliss-reactive ketones (excluding diaryl/α,β-unsaturated/α-hetero) is 2. The highest BCUT2D eigenvalue weighted by Crippen LogP contribution is 2.65. The van der Waals surface area contributed by atoms with Gasteiger partial charge in [0.1, 0.15) is 18.0 Å². The summed E-state index contributed by atoms with van der Waals surface area (Å²) < 4.78 is 0. The van der Waals surface area contributed by atoms with Crippen LogP contribution in [0, 0.1) is 28.6 Å².